The Balaban J connectivity index is 2.61. The van der Waals surface area contributed by atoms with Crippen molar-refractivity contribution >= 4 is 0 Å². The van der Waals surface area contributed by atoms with Crippen LogP contribution in [0.3, 0.4) is 0 Å². The van der Waals surface area contributed by atoms with Crippen molar-refractivity contribution in [3.05, 3.63) is 23.8 Å². The Bertz CT molecular complexity index is 339. The lowest BCUT2D eigenvalue weighted by Gasteiger charge is -2.12. The van der Waals surface area contributed by atoms with Gasteiger partial charge in [0.25, 0.3) is 0 Å². The van der Waals surface area contributed by atoms with Gasteiger partial charge in [0.1, 0.15) is 0 Å². The molecule has 0 heterocycles. The molecule has 1 aromatic carbocycles. The topological polar surface area (TPSA) is 44.5 Å². The summed E-state index contributed by atoms with van der Waals surface area (Å²) in [6.45, 7) is 6.08. The third-order valence-electron chi connectivity index (χ3n) is 2.78. The van der Waals surface area contributed by atoms with E-state index in [0.717, 1.165) is 30.9 Å². The summed E-state index contributed by atoms with van der Waals surface area (Å²) in [6, 6.07) is 6.22. The van der Waals surface area contributed by atoms with E-state index in [1.165, 1.54) is 18.4 Å². The minimum Gasteiger partial charge on any atom is -0.490 e. The van der Waals surface area contributed by atoms with E-state index in [9.17, 15) is 0 Å². The Hall–Kier alpha value is -1.22. The van der Waals surface area contributed by atoms with Crippen LogP contribution in [0.25, 0.3) is 0 Å². The number of ether oxygens (including phenoxy) is 2. The Kier molecular flexibility index (Phi) is 7.26. The van der Waals surface area contributed by atoms with Crippen LogP contribution in [0.5, 0.6) is 11.5 Å². The number of unbranched alkanes of at least 4 members (excludes halogenated alkanes) is 2. The van der Waals surface area contributed by atoms with Gasteiger partial charge in [-0.15, -0.1) is 0 Å². The molecular formula is C15H25NO2. The molecule has 0 aliphatic heterocycles. The van der Waals surface area contributed by atoms with Crippen molar-refractivity contribution in [1.82, 2.24) is 0 Å². The Morgan fingerprint density at radius 1 is 0.944 bits per heavy atom. The number of aryl methyl sites for hydroxylation is 1. The Morgan fingerprint density at radius 3 is 2.33 bits per heavy atom. The molecule has 0 aliphatic carbocycles. The van der Waals surface area contributed by atoms with Crippen LogP contribution in [0.1, 0.15) is 38.7 Å². The average Bonchev–Trinajstić information content (AvgIpc) is 2.38. The van der Waals surface area contributed by atoms with Crippen molar-refractivity contribution < 1.29 is 9.47 Å². The maximum atomic E-state index is 5.61. The fourth-order valence-corrected chi connectivity index (χ4v) is 1.90. The number of hydrogen-bond donors (Lipinski definition) is 1. The first kappa shape index (κ1) is 14.8. The van der Waals surface area contributed by atoms with Crippen molar-refractivity contribution in [1.29, 1.82) is 0 Å². The maximum absolute atomic E-state index is 5.61. The zero-order valence-corrected chi connectivity index (χ0v) is 11.6. The van der Waals surface area contributed by atoms with E-state index in [0.29, 0.717) is 13.2 Å². The van der Waals surface area contributed by atoms with Gasteiger partial charge in [0.05, 0.1) is 13.2 Å². The number of hydrogen-bond acceptors (Lipinski definition) is 3. The second kappa shape index (κ2) is 8.81. The molecule has 0 aliphatic rings. The van der Waals surface area contributed by atoms with Crippen LogP contribution in [0, 0.1) is 0 Å². The quantitative estimate of drug-likeness (QED) is 0.686. The van der Waals surface area contributed by atoms with Gasteiger partial charge in [-0.2, -0.15) is 0 Å². The Labute approximate surface area is 110 Å². The Morgan fingerprint density at radius 2 is 1.67 bits per heavy atom. The molecule has 18 heavy (non-hydrogen) atoms. The molecule has 0 aromatic heterocycles. The van der Waals surface area contributed by atoms with E-state index in [-0.39, 0.29) is 0 Å². The minimum absolute atomic E-state index is 0.663. The van der Waals surface area contributed by atoms with Crippen LogP contribution in [-0.4, -0.2) is 19.8 Å². The highest BCUT2D eigenvalue weighted by Gasteiger charge is 2.05. The second-order valence-electron chi connectivity index (χ2n) is 4.25. The molecule has 1 aromatic rings. The smallest absolute Gasteiger partial charge is 0.161 e. The summed E-state index contributed by atoms with van der Waals surface area (Å²) in [6.07, 6.45) is 4.55. The van der Waals surface area contributed by atoms with Crippen LogP contribution < -0.4 is 15.2 Å². The molecule has 3 nitrogen and oxygen atoms in total. The number of benzene rings is 1. The number of nitrogens with two attached hydrogens (primary N) is 1. The van der Waals surface area contributed by atoms with Crippen LogP contribution in [-0.2, 0) is 6.42 Å². The lowest BCUT2D eigenvalue weighted by atomic mass is 10.1. The van der Waals surface area contributed by atoms with E-state index in [4.69, 9.17) is 15.2 Å². The average molecular weight is 251 g/mol. The van der Waals surface area contributed by atoms with Crippen molar-refractivity contribution in [3.8, 4) is 11.5 Å². The molecule has 0 atom stereocenters. The fourth-order valence-electron chi connectivity index (χ4n) is 1.90. The molecular weight excluding hydrogens is 226 g/mol. The highest BCUT2D eigenvalue weighted by molar-refractivity contribution is 5.43. The fraction of sp³-hybridized carbons (Fsp3) is 0.600. The lowest BCUT2D eigenvalue weighted by Crippen LogP contribution is -2.00. The zero-order valence-electron chi connectivity index (χ0n) is 11.6. The van der Waals surface area contributed by atoms with E-state index >= 15 is 0 Å². The van der Waals surface area contributed by atoms with Crippen LogP contribution >= 0.6 is 0 Å². The first-order valence-electron chi connectivity index (χ1n) is 6.90. The molecule has 102 valence electrons. The largest absolute Gasteiger partial charge is 0.490 e. The molecule has 0 unspecified atom stereocenters. The first-order chi connectivity index (χ1) is 8.81. The van der Waals surface area contributed by atoms with Gasteiger partial charge in [-0.05, 0) is 57.4 Å². The van der Waals surface area contributed by atoms with Crippen molar-refractivity contribution in [2.45, 2.75) is 39.5 Å². The summed E-state index contributed by atoms with van der Waals surface area (Å²) < 4.78 is 11.2. The van der Waals surface area contributed by atoms with E-state index in [2.05, 4.69) is 12.1 Å². The van der Waals surface area contributed by atoms with Crippen molar-refractivity contribution in [2.24, 2.45) is 5.73 Å². The van der Waals surface area contributed by atoms with Gasteiger partial charge >= 0.3 is 0 Å². The molecule has 0 saturated heterocycles. The summed E-state index contributed by atoms with van der Waals surface area (Å²) >= 11 is 0. The molecule has 0 saturated carbocycles. The van der Waals surface area contributed by atoms with E-state index < -0.39 is 0 Å². The summed E-state index contributed by atoms with van der Waals surface area (Å²) in [4.78, 5) is 0. The molecule has 3 heteroatoms. The predicted molar refractivity (Wildman–Crippen MR) is 75.4 cm³/mol. The predicted octanol–water partition coefficient (Wildman–Crippen LogP) is 3.16. The molecule has 0 fully saturated rings. The van der Waals surface area contributed by atoms with Gasteiger partial charge < -0.3 is 15.2 Å². The van der Waals surface area contributed by atoms with Gasteiger partial charge in [-0.25, -0.2) is 0 Å². The van der Waals surface area contributed by atoms with Crippen LogP contribution in [0.15, 0.2) is 18.2 Å². The molecule has 0 amide bonds. The molecule has 1 rings (SSSR count). The SMILES string of the molecule is CCOc1ccc(CCCCCN)cc1OCC. The standard InChI is InChI=1S/C15H25NO2/c1-3-17-14-10-9-13(8-6-5-7-11-16)12-15(14)18-4-2/h9-10,12H,3-8,11,16H2,1-2H3. The zero-order chi connectivity index (χ0) is 13.2. The van der Waals surface area contributed by atoms with Gasteiger partial charge in [0.2, 0.25) is 0 Å². The minimum atomic E-state index is 0.663. The first-order valence-corrected chi connectivity index (χ1v) is 6.90. The van der Waals surface area contributed by atoms with Gasteiger partial charge in [0.15, 0.2) is 11.5 Å². The highest BCUT2D eigenvalue weighted by atomic mass is 16.5. The van der Waals surface area contributed by atoms with Crippen LogP contribution in [0.2, 0.25) is 0 Å². The van der Waals surface area contributed by atoms with Gasteiger partial charge in [-0.3, -0.25) is 0 Å². The summed E-state index contributed by atoms with van der Waals surface area (Å²) in [7, 11) is 0. The molecule has 2 N–H and O–H groups in total. The monoisotopic (exact) mass is 251 g/mol. The maximum Gasteiger partial charge on any atom is 0.161 e. The molecule has 0 bridgehead atoms. The van der Waals surface area contributed by atoms with E-state index in [1.54, 1.807) is 0 Å². The lowest BCUT2D eigenvalue weighted by molar-refractivity contribution is 0.287. The third-order valence-corrected chi connectivity index (χ3v) is 2.78. The molecule has 0 spiro atoms. The second-order valence-corrected chi connectivity index (χ2v) is 4.25. The molecule has 0 radical (unpaired) electrons. The van der Waals surface area contributed by atoms with Crippen molar-refractivity contribution in [3.63, 3.8) is 0 Å². The normalized spacial score (nSPS) is 10.4. The third kappa shape index (κ3) is 4.96. The summed E-state index contributed by atoms with van der Waals surface area (Å²) in [5, 5.41) is 0. The summed E-state index contributed by atoms with van der Waals surface area (Å²) in [5.41, 5.74) is 6.79. The summed E-state index contributed by atoms with van der Waals surface area (Å²) in [5.74, 6) is 1.70. The van der Waals surface area contributed by atoms with Crippen molar-refractivity contribution in [2.75, 3.05) is 19.8 Å². The van der Waals surface area contributed by atoms with E-state index in [1.807, 2.05) is 19.9 Å². The van der Waals surface area contributed by atoms with Gasteiger partial charge in [0, 0.05) is 0 Å². The van der Waals surface area contributed by atoms with Crippen LogP contribution in [0.4, 0.5) is 0 Å². The number of rotatable bonds is 9. The highest BCUT2D eigenvalue weighted by Crippen LogP contribution is 2.29. The van der Waals surface area contributed by atoms with Gasteiger partial charge in [-0.1, -0.05) is 12.5 Å².